The second kappa shape index (κ2) is 5.90. The van der Waals surface area contributed by atoms with Gasteiger partial charge in [-0.25, -0.2) is 4.79 Å². The summed E-state index contributed by atoms with van der Waals surface area (Å²) in [5, 5.41) is -0.358. The van der Waals surface area contributed by atoms with Crippen LogP contribution in [0.25, 0.3) is 0 Å². The number of aryl methyl sites for hydroxylation is 1. The Morgan fingerprint density at radius 1 is 1.29 bits per heavy atom. The molecule has 112 valence electrons. The molecule has 8 heteroatoms. The van der Waals surface area contributed by atoms with Crippen molar-refractivity contribution in [1.29, 1.82) is 0 Å². The van der Waals surface area contributed by atoms with Gasteiger partial charge in [-0.2, -0.15) is 8.42 Å². The van der Waals surface area contributed by atoms with Gasteiger partial charge >= 0.3 is 5.97 Å². The lowest BCUT2D eigenvalue weighted by Gasteiger charge is -2.07. The third-order valence-corrected chi connectivity index (χ3v) is 4.79. The van der Waals surface area contributed by atoms with E-state index in [0.717, 1.165) is 10.0 Å². The van der Waals surface area contributed by atoms with Crippen molar-refractivity contribution in [3.05, 3.63) is 46.1 Å². The number of methoxy groups -OCH3 is 1. The van der Waals surface area contributed by atoms with Gasteiger partial charge in [-0.1, -0.05) is 15.9 Å². The molecule has 2 rings (SSSR count). The van der Waals surface area contributed by atoms with E-state index in [1.165, 1.54) is 19.2 Å². The second-order valence-electron chi connectivity index (χ2n) is 4.18. The molecule has 1 N–H and O–H groups in total. The number of carbonyl (C=O) groups is 1. The van der Waals surface area contributed by atoms with Crippen LogP contribution >= 0.6 is 15.9 Å². The van der Waals surface area contributed by atoms with Crippen LogP contribution < -0.4 is 4.72 Å². The van der Waals surface area contributed by atoms with E-state index in [0.29, 0.717) is 5.69 Å². The molecule has 0 amide bonds. The van der Waals surface area contributed by atoms with E-state index in [1.54, 1.807) is 18.2 Å². The van der Waals surface area contributed by atoms with Crippen LogP contribution in [-0.2, 0) is 14.8 Å². The summed E-state index contributed by atoms with van der Waals surface area (Å²) in [7, 11) is -2.72. The van der Waals surface area contributed by atoms with Gasteiger partial charge in [0.2, 0.25) is 10.9 Å². The minimum atomic E-state index is -3.90. The normalized spacial score (nSPS) is 11.2. The molecule has 0 aliphatic carbocycles. The Morgan fingerprint density at radius 2 is 2.00 bits per heavy atom. The first-order valence-electron chi connectivity index (χ1n) is 5.80. The maximum atomic E-state index is 12.2. The van der Waals surface area contributed by atoms with Gasteiger partial charge in [-0.15, -0.1) is 0 Å². The Balaban J connectivity index is 2.27. The molecule has 2 aromatic rings. The lowest BCUT2D eigenvalue weighted by molar-refractivity contribution is 0.0559. The zero-order chi connectivity index (χ0) is 15.6. The van der Waals surface area contributed by atoms with Crippen LogP contribution in [0.3, 0.4) is 0 Å². The fraction of sp³-hybridized carbons (Fsp3) is 0.154. The van der Waals surface area contributed by atoms with E-state index < -0.39 is 16.0 Å². The number of nitrogens with one attached hydrogen (secondary N) is 1. The Kier molecular flexibility index (Phi) is 4.38. The van der Waals surface area contributed by atoms with Gasteiger partial charge in [0.1, 0.15) is 0 Å². The van der Waals surface area contributed by atoms with Crippen LogP contribution in [0.1, 0.15) is 16.1 Å². The molecule has 1 aromatic carbocycles. The van der Waals surface area contributed by atoms with Crippen molar-refractivity contribution in [1.82, 2.24) is 0 Å². The average molecular weight is 374 g/mol. The lowest BCUT2D eigenvalue weighted by Crippen LogP contribution is -2.12. The zero-order valence-corrected chi connectivity index (χ0v) is 13.6. The van der Waals surface area contributed by atoms with E-state index in [-0.39, 0.29) is 10.9 Å². The highest BCUT2D eigenvalue weighted by molar-refractivity contribution is 9.10. The van der Waals surface area contributed by atoms with E-state index in [2.05, 4.69) is 25.4 Å². The van der Waals surface area contributed by atoms with E-state index in [1.807, 2.05) is 6.92 Å². The molecular formula is C13H12BrNO5S. The molecule has 0 atom stereocenters. The molecule has 0 radical (unpaired) electrons. The number of benzene rings is 1. The van der Waals surface area contributed by atoms with Crippen LogP contribution in [0.15, 0.2) is 44.3 Å². The molecule has 0 bridgehead atoms. The largest absolute Gasteiger partial charge is 0.463 e. The first-order chi connectivity index (χ1) is 9.83. The van der Waals surface area contributed by atoms with E-state index in [4.69, 9.17) is 4.42 Å². The molecule has 1 aromatic heterocycles. The number of ether oxygens (including phenoxy) is 1. The predicted molar refractivity (Wildman–Crippen MR) is 79.7 cm³/mol. The number of anilines is 1. The molecule has 6 nitrogen and oxygen atoms in total. The average Bonchev–Trinajstić information content (AvgIpc) is 2.92. The molecule has 0 aliphatic rings. The monoisotopic (exact) mass is 373 g/mol. The summed E-state index contributed by atoms with van der Waals surface area (Å²) in [4.78, 5) is 11.3. The number of furan rings is 1. The molecule has 1 heterocycles. The highest BCUT2D eigenvalue weighted by Crippen LogP contribution is 2.23. The topological polar surface area (TPSA) is 85.6 Å². The number of rotatable bonds is 4. The van der Waals surface area contributed by atoms with E-state index >= 15 is 0 Å². The number of hydrogen-bond donors (Lipinski definition) is 1. The highest BCUT2D eigenvalue weighted by Gasteiger charge is 2.21. The van der Waals surface area contributed by atoms with Crippen LogP contribution in [-0.4, -0.2) is 21.5 Å². The molecule has 0 saturated carbocycles. The maximum absolute atomic E-state index is 12.2. The minimum absolute atomic E-state index is 0.176. The molecular weight excluding hydrogens is 362 g/mol. The van der Waals surface area contributed by atoms with Crippen LogP contribution in [0.2, 0.25) is 0 Å². The van der Waals surface area contributed by atoms with Gasteiger partial charge < -0.3 is 9.15 Å². The SMILES string of the molecule is COC(=O)c1ccc(S(=O)(=O)Nc2ccc(Br)c(C)c2)o1. The summed E-state index contributed by atoms with van der Waals surface area (Å²) in [6, 6.07) is 7.45. The van der Waals surface area contributed by atoms with Gasteiger partial charge in [-0.3, -0.25) is 4.72 Å². The molecule has 0 saturated heterocycles. The molecule has 21 heavy (non-hydrogen) atoms. The third kappa shape index (κ3) is 3.45. The minimum Gasteiger partial charge on any atom is -0.463 e. The Morgan fingerprint density at radius 3 is 2.62 bits per heavy atom. The first kappa shape index (κ1) is 15.6. The van der Waals surface area contributed by atoms with Crippen molar-refractivity contribution in [2.24, 2.45) is 0 Å². The number of esters is 1. The Bertz CT molecular complexity index is 782. The smallest absolute Gasteiger partial charge is 0.374 e. The lowest BCUT2D eigenvalue weighted by atomic mass is 10.2. The van der Waals surface area contributed by atoms with Crippen molar-refractivity contribution in [3.8, 4) is 0 Å². The van der Waals surface area contributed by atoms with Crippen molar-refractivity contribution in [2.75, 3.05) is 11.8 Å². The molecule has 0 fully saturated rings. The quantitative estimate of drug-likeness (QED) is 0.832. The van der Waals surface area contributed by atoms with Crippen molar-refractivity contribution < 1.29 is 22.4 Å². The van der Waals surface area contributed by atoms with Gasteiger partial charge in [0.05, 0.1) is 7.11 Å². The zero-order valence-electron chi connectivity index (χ0n) is 11.2. The van der Waals surface area contributed by atoms with Crippen molar-refractivity contribution in [2.45, 2.75) is 12.0 Å². The summed E-state index contributed by atoms with van der Waals surface area (Å²) < 4.78 is 37.0. The van der Waals surface area contributed by atoms with Gasteiger partial charge in [0.15, 0.2) is 0 Å². The van der Waals surface area contributed by atoms with Crippen molar-refractivity contribution in [3.63, 3.8) is 0 Å². The number of halogens is 1. The van der Waals surface area contributed by atoms with E-state index in [9.17, 15) is 13.2 Å². The van der Waals surface area contributed by atoms with Gasteiger partial charge in [-0.05, 0) is 42.8 Å². The van der Waals surface area contributed by atoms with Crippen molar-refractivity contribution >= 4 is 37.6 Å². The summed E-state index contributed by atoms with van der Waals surface area (Å²) >= 11 is 3.33. The summed E-state index contributed by atoms with van der Waals surface area (Å²) in [5.74, 6) is -0.916. The second-order valence-corrected chi connectivity index (χ2v) is 6.65. The third-order valence-electron chi connectivity index (χ3n) is 2.64. The summed E-state index contributed by atoms with van der Waals surface area (Å²) in [5.41, 5.74) is 1.27. The van der Waals surface area contributed by atoms with Crippen LogP contribution in [0.5, 0.6) is 0 Å². The first-order valence-corrected chi connectivity index (χ1v) is 8.08. The van der Waals surface area contributed by atoms with Crippen LogP contribution in [0.4, 0.5) is 5.69 Å². The Hall–Kier alpha value is -1.80. The number of carbonyl (C=O) groups excluding carboxylic acids is 1. The standard InChI is InChI=1S/C13H12BrNO5S/c1-8-7-9(3-4-10(8)14)15-21(17,18)12-6-5-11(20-12)13(16)19-2/h3-7,15H,1-2H3. The fourth-order valence-electron chi connectivity index (χ4n) is 1.59. The molecule has 0 unspecified atom stereocenters. The predicted octanol–water partition coefficient (Wildman–Crippen LogP) is 2.94. The molecule has 0 aliphatic heterocycles. The highest BCUT2D eigenvalue weighted by atomic mass is 79.9. The number of hydrogen-bond acceptors (Lipinski definition) is 5. The van der Waals surface area contributed by atoms with Gasteiger partial charge in [0.25, 0.3) is 10.0 Å². The van der Waals surface area contributed by atoms with Gasteiger partial charge in [0, 0.05) is 10.2 Å². The van der Waals surface area contributed by atoms with Crippen LogP contribution in [0, 0.1) is 6.92 Å². The summed E-state index contributed by atoms with van der Waals surface area (Å²) in [6.07, 6.45) is 0. The Labute approximate surface area is 130 Å². The summed E-state index contributed by atoms with van der Waals surface area (Å²) in [6.45, 7) is 1.84. The number of sulfonamides is 1. The maximum Gasteiger partial charge on any atom is 0.374 e. The molecule has 0 spiro atoms. The fourth-order valence-corrected chi connectivity index (χ4v) is 2.82.